The molecule has 0 amide bonds. The predicted octanol–water partition coefficient (Wildman–Crippen LogP) is 3.64. The van der Waals surface area contributed by atoms with E-state index in [2.05, 4.69) is 4.90 Å². The van der Waals surface area contributed by atoms with Crippen molar-refractivity contribution < 1.29 is 23.4 Å². The molecule has 0 bridgehead atoms. The molecular weight excluding hydrogens is 352 g/mol. The molecule has 2 aromatic rings. The van der Waals surface area contributed by atoms with Crippen molar-refractivity contribution in [2.45, 2.75) is 18.9 Å². The minimum atomic E-state index is -0.637. The number of halogens is 2. The van der Waals surface area contributed by atoms with Gasteiger partial charge >= 0.3 is 0 Å². The second kappa shape index (κ2) is 7.27. The monoisotopic (exact) mass is 373 g/mol. The maximum Gasteiger partial charge on any atom is 0.176 e. The molecule has 6 heteroatoms. The first-order valence-corrected chi connectivity index (χ1v) is 9.13. The maximum atomic E-state index is 13.3. The Morgan fingerprint density at radius 3 is 2.22 bits per heavy atom. The molecule has 27 heavy (non-hydrogen) atoms. The summed E-state index contributed by atoms with van der Waals surface area (Å²) in [5, 5.41) is 9.32. The van der Waals surface area contributed by atoms with Crippen LogP contribution in [0.1, 0.15) is 23.2 Å². The lowest BCUT2D eigenvalue weighted by atomic mass is 10.0. The third-order valence-corrected chi connectivity index (χ3v) is 5.48. The number of likely N-dealkylation sites (tertiary alicyclic amines) is 1. The fraction of sp³-hybridized carbons (Fsp3) is 0.381. The summed E-state index contributed by atoms with van der Waals surface area (Å²) in [5.41, 5.74) is 0.596. The van der Waals surface area contributed by atoms with Crippen LogP contribution < -0.4 is 4.74 Å². The smallest absolute Gasteiger partial charge is 0.176 e. The number of phenolic OH excluding ortho intramolecular Hbond substituents is 1. The highest BCUT2D eigenvalue weighted by Crippen LogP contribution is 2.39. The zero-order chi connectivity index (χ0) is 19.0. The molecule has 0 aromatic heterocycles. The van der Waals surface area contributed by atoms with Crippen LogP contribution in [0.3, 0.4) is 0 Å². The second-order valence-corrected chi connectivity index (χ2v) is 7.50. The average Bonchev–Trinajstić information content (AvgIpc) is 3.12. The summed E-state index contributed by atoms with van der Waals surface area (Å²) in [5.74, 6) is 0.00703. The summed E-state index contributed by atoms with van der Waals surface area (Å²) < 4.78 is 32.4. The number of carbonyl (C=O) groups is 1. The molecule has 0 spiro atoms. The van der Waals surface area contributed by atoms with Crippen molar-refractivity contribution in [3.8, 4) is 11.5 Å². The van der Waals surface area contributed by atoms with Gasteiger partial charge in [-0.15, -0.1) is 0 Å². The third-order valence-electron chi connectivity index (χ3n) is 5.48. The molecule has 2 aliphatic rings. The summed E-state index contributed by atoms with van der Waals surface area (Å²) >= 11 is 0. The Bertz CT molecular complexity index is 806. The number of fused-ring (bicyclic) bond motifs is 1. The summed E-state index contributed by atoms with van der Waals surface area (Å²) in [4.78, 5) is 14.5. The largest absolute Gasteiger partial charge is 0.508 e. The van der Waals surface area contributed by atoms with Gasteiger partial charge in [0.05, 0.1) is 12.6 Å². The number of Topliss-reactive ketones (excluding diaryl/α,β-unsaturated/α-hetero) is 1. The van der Waals surface area contributed by atoms with Gasteiger partial charge in [-0.2, -0.15) is 0 Å². The Morgan fingerprint density at radius 1 is 1.04 bits per heavy atom. The number of phenols is 1. The first-order valence-electron chi connectivity index (χ1n) is 9.13. The van der Waals surface area contributed by atoms with E-state index in [-0.39, 0.29) is 23.4 Å². The number of ether oxygens (including phenoxy) is 1. The van der Waals surface area contributed by atoms with Crippen LogP contribution in [0.2, 0.25) is 0 Å². The zero-order valence-corrected chi connectivity index (χ0v) is 14.8. The predicted molar refractivity (Wildman–Crippen MR) is 95.9 cm³/mol. The quantitative estimate of drug-likeness (QED) is 0.813. The molecule has 1 aliphatic heterocycles. The molecule has 1 saturated carbocycles. The SMILES string of the molecule is O=C(CN1C[C@H]2CC(Oc3cc(F)cc(F)c3)C[C@H]2C1)c1ccc(O)cc1. The van der Waals surface area contributed by atoms with Crippen LogP contribution in [-0.2, 0) is 0 Å². The molecular formula is C21H21F2NO3. The van der Waals surface area contributed by atoms with Crippen molar-refractivity contribution in [2.75, 3.05) is 19.6 Å². The second-order valence-electron chi connectivity index (χ2n) is 7.50. The van der Waals surface area contributed by atoms with E-state index in [9.17, 15) is 18.7 Å². The van der Waals surface area contributed by atoms with Crippen LogP contribution >= 0.6 is 0 Å². The normalized spacial score (nSPS) is 24.7. The van der Waals surface area contributed by atoms with E-state index in [4.69, 9.17) is 4.74 Å². The Hall–Kier alpha value is -2.47. The number of carbonyl (C=O) groups excluding carboxylic acids is 1. The van der Waals surface area contributed by atoms with E-state index in [0.29, 0.717) is 23.9 Å². The van der Waals surface area contributed by atoms with Crippen LogP contribution in [0.4, 0.5) is 8.78 Å². The summed E-state index contributed by atoms with van der Waals surface area (Å²) in [6, 6.07) is 9.55. The molecule has 3 atom stereocenters. The summed E-state index contributed by atoms with van der Waals surface area (Å²) in [7, 11) is 0. The van der Waals surface area contributed by atoms with Gasteiger partial charge in [-0.3, -0.25) is 9.69 Å². The van der Waals surface area contributed by atoms with Gasteiger partial charge in [-0.05, 0) is 48.9 Å². The van der Waals surface area contributed by atoms with Gasteiger partial charge in [0.2, 0.25) is 0 Å². The lowest BCUT2D eigenvalue weighted by Crippen LogP contribution is -2.30. The number of hydrogen-bond donors (Lipinski definition) is 1. The van der Waals surface area contributed by atoms with Gasteiger partial charge in [-0.25, -0.2) is 8.78 Å². The molecule has 142 valence electrons. The van der Waals surface area contributed by atoms with E-state index < -0.39 is 11.6 Å². The molecule has 1 aliphatic carbocycles. The van der Waals surface area contributed by atoms with Crippen LogP contribution in [0.25, 0.3) is 0 Å². The van der Waals surface area contributed by atoms with Gasteiger partial charge in [-0.1, -0.05) is 0 Å². The highest BCUT2D eigenvalue weighted by Gasteiger charge is 2.42. The van der Waals surface area contributed by atoms with E-state index >= 15 is 0 Å². The van der Waals surface area contributed by atoms with Crippen molar-refractivity contribution in [3.05, 3.63) is 59.7 Å². The van der Waals surface area contributed by atoms with Gasteiger partial charge < -0.3 is 9.84 Å². The minimum Gasteiger partial charge on any atom is -0.508 e. The number of aromatic hydroxyl groups is 1. The lowest BCUT2D eigenvalue weighted by Gasteiger charge is -2.19. The van der Waals surface area contributed by atoms with Crippen molar-refractivity contribution in [1.82, 2.24) is 4.90 Å². The molecule has 0 radical (unpaired) electrons. The van der Waals surface area contributed by atoms with Gasteiger partial charge in [0, 0.05) is 36.9 Å². The first-order chi connectivity index (χ1) is 13.0. The number of benzene rings is 2. The zero-order valence-electron chi connectivity index (χ0n) is 14.8. The maximum absolute atomic E-state index is 13.3. The van der Waals surface area contributed by atoms with Gasteiger partial charge in [0.15, 0.2) is 5.78 Å². The number of hydrogen-bond acceptors (Lipinski definition) is 4. The Kier molecular flexibility index (Phi) is 4.83. The standard InChI is InChI=1S/C21H21F2NO3/c22-16-7-17(23)9-20(8-16)27-19-5-14-10-24(11-15(14)6-19)12-21(26)13-1-3-18(25)4-2-13/h1-4,7-9,14-15,19,25H,5-6,10-12H2/t14-,15+,19?. The Balaban J connectivity index is 1.30. The molecule has 2 fully saturated rings. The van der Waals surface area contributed by atoms with Crippen molar-refractivity contribution >= 4 is 5.78 Å². The van der Waals surface area contributed by atoms with Crippen molar-refractivity contribution in [3.63, 3.8) is 0 Å². The van der Waals surface area contributed by atoms with Crippen LogP contribution in [0.5, 0.6) is 11.5 Å². The molecule has 2 aromatic carbocycles. The van der Waals surface area contributed by atoms with Crippen molar-refractivity contribution in [1.29, 1.82) is 0 Å². The topological polar surface area (TPSA) is 49.8 Å². The molecule has 1 N–H and O–H groups in total. The summed E-state index contributed by atoms with van der Waals surface area (Å²) in [6.45, 7) is 2.01. The number of ketones is 1. The molecule has 1 heterocycles. The van der Waals surface area contributed by atoms with Crippen LogP contribution in [-0.4, -0.2) is 41.5 Å². The molecule has 1 unspecified atom stereocenters. The van der Waals surface area contributed by atoms with E-state index in [0.717, 1.165) is 32.0 Å². The van der Waals surface area contributed by atoms with Crippen LogP contribution in [0.15, 0.2) is 42.5 Å². The van der Waals surface area contributed by atoms with Crippen molar-refractivity contribution in [2.24, 2.45) is 11.8 Å². The van der Waals surface area contributed by atoms with Crippen LogP contribution in [0, 0.1) is 23.5 Å². The lowest BCUT2D eigenvalue weighted by molar-refractivity contribution is 0.0936. The first kappa shape index (κ1) is 17.9. The van der Waals surface area contributed by atoms with E-state index in [1.807, 2.05) is 0 Å². The van der Waals surface area contributed by atoms with Gasteiger partial charge in [0.25, 0.3) is 0 Å². The highest BCUT2D eigenvalue weighted by molar-refractivity contribution is 5.97. The fourth-order valence-corrected chi connectivity index (χ4v) is 4.30. The van der Waals surface area contributed by atoms with E-state index in [1.165, 1.54) is 24.3 Å². The summed E-state index contributed by atoms with van der Waals surface area (Å²) in [6.07, 6.45) is 1.61. The Morgan fingerprint density at radius 2 is 1.63 bits per heavy atom. The average molecular weight is 373 g/mol. The number of nitrogens with zero attached hydrogens (tertiary/aromatic N) is 1. The fourth-order valence-electron chi connectivity index (χ4n) is 4.30. The third kappa shape index (κ3) is 4.11. The van der Waals surface area contributed by atoms with Gasteiger partial charge in [0.1, 0.15) is 23.1 Å². The highest BCUT2D eigenvalue weighted by atomic mass is 19.1. The molecule has 4 rings (SSSR count). The van der Waals surface area contributed by atoms with E-state index in [1.54, 1.807) is 12.1 Å². The number of rotatable bonds is 5. The molecule has 4 nitrogen and oxygen atoms in total. The minimum absolute atomic E-state index is 0.0398. The molecule has 1 saturated heterocycles. The Labute approximate surface area is 156 Å².